The molecule has 0 saturated heterocycles. The summed E-state index contributed by atoms with van der Waals surface area (Å²) in [5, 5.41) is 14.2. The van der Waals surface area contributed by atoms with Gasteiger partial charge in [0.05, 0.1) is 11.5 Å². The first kappa shape index (κ1) is 27.4. The molecule has 0 spiro atoms. The first-order chi connectivity index (χ1) is 17.1. The van der Waals surface area contributed by atoms with E-state index in [4.69, 9.17) is 0 Å². The molecule has 0 radical (unpaired) electrons. The minimum atomic E-state index is -0.646. The lowest BCUT2D eigenvalue weighted by Gasteiger charge is -2.72. The molecule has 8 atom stereocenters. The third-order valence-electron chi connectivity index (χ3n) is 13.3. The van der Waals surface area contributed by atoms with Crippen molar-refractivity contribution in [3.8, 4) is 0 Å². The van der Waals surface area contributed by atoms with Crippen molar-refractivity contribution in [3.63, 3.8) is 0 Å². The number of aliphatic hydroxyl groups is 1. The Morgan fingerprint density at radius 2 is 1.54 bits per heavy atom. The summed E-state index contributed by atoms with van der Waals surface area (Å²) in [6.07, 6.45) is 8.60. The Kier molecular flexibility index (Phi) is 6.24. The Balaban J connectivity index is 1.61. The van der Waals surface area contributed by atoms with Crippen LogP contribution in [-0.2, 0) is 9.59 Å². The topological polar surface area (TPSA) is 66.4 Å². The predicted molar refractivity (Wildman–Crippen MR) is 149 cm³/mol. The molecule has 4 heteroatoms. The SMILES string of the molecule is CC(C)NC(=O)[C@@]12CC[C@]3(C)[C@H](CCC4[C@@]5(C)CC[C@H](O)C(C)(C)C5CC[C@]43C)C1=C(C(C)C)C(=O)C2. The fourth-order valence-electron chi connectivity index (χ4n) is 11.3. The molecule has 208 valence electrons. The van der Waals surface area contributed by atoms with Gasteiger partial charge in [-0.25, -0.2) is 0 Å². The second-order valence-corrected chi connectivity index (χ2v) is 15.8. The molecular formula is C33H53NO3. The van der Waals surface area contributed by atoms with Crippen LogP contribution in [0.4, 0.5) is 0 Å². The van der Waals surface area contributed by atoms with Crippen LogP contribution in [0.3, 0.4) is 0 Å². The maximum atomic E-state index is 13.9. The van der Waals surface area contributed by atoms with Crippen molar-refractivity contribution < 1.29 is 14.7 Å². The smallest absolute Gasteiger partial charge is 0.231 e. The van der Waals surface area contributed by atoms with E-state index >= 15 is 0 Å². The standard InChI is InChI=1S/C33H53NO3/c1-19(2)26-22(35)18-33(28(37)34-20(3)4)17-16-31(8)21(27(26)33)10-11-24-30(7)14-13-25(36)29(5,6)23(30)12-15-32(24,31)9/h19-21,23-25,36H,10-18H2,1-9H3,(H,34,37)/t21-,23?,24?,25+,30+,31-,32-,33-/m1/s1. The molecule has 0 aromatic heterocycles. The van der Waals surface area contributed by atoms with E-state index in [1.807, 2.05) is 13.8 Å². The van der Waals surface area contributed by atoms with Crippen molar-refractivity contribution in [2.45, 2.75) is 132 Å². The van der Waals surface area contributed by atoms with Crippen molar-refractivity contribution in [1.82, 2.24) is 5.32 Å². The molecule has 2 unspecified atom stereocenters. The molecule has 0 heterocycles. The number of rotatable bonds is 3. The minimum absolute atomic E-state index is 0.0477. The van der Waals surface area contributed by atoms with Crippen molar-refractivity contribution in [2.75, 3.05) is 0 Å². The predicted octanol–water partition coefficient (Wildman–Crippen LogP) is 6.85. The van der Waals surface area contributed by atoms with Crippen LogP contribution in [0.25, 0.3) is 0 Å². The quantitative estimate of drug-likeness (QED) is 0.435. The zero-order chi connectivity index (χ0) is 27.3. The molecule has 4 nitrogen and oxygen atoms in total. The molecule has 1 amide bonds. The number of carbonyl (C=O) groups is 2. The Bertz CT molecular complexity index is 1020. The Hall–Kier alpha value is -1.16. The molecule has 5 rings (SSSR count). The van der Waals surface area contributed by atoms with Crippen molar-refractivity contribution in [3.05, 3.63) is 11.1 Å². The van der Waals surface area contributed by atoms with Gasteiger partial charge < -0.3 is 10.4 Å². The molecule has 2 N–H and O–H groups in total. The molecule has 4 fully saturated rings. The number of nitrogens with one attached hydrogen (secondary N) is 1. The number of Topliss-reactive ketones (excluding diaryl/α,β-unsaturated/α-hetero) is 1. The zero-order valence-corrected chi connectivity index (χ0v) is 25.1. The van der Waals surface area contributed by atoms with Gasteiger partial charge in [0, 0.05) is 12.5 Å². The minimum Gasteiger partial charge on any atom is -0.393 e. The average Bonchev–Trinajstić information content (AvgIpc) is 3.10. The van der Waals surface area contributed by atoms with Crippen molar-refractivity contribution >= 4 is 11.7 Å². The second kappa shape index (κ2) is 8.42. The van der Waals surface area contributed by atoms with Crippen molar-refractivity contribution in [2.24, 2.45) is 50.7 Å². The average molecular weight is 512 g/mol. The largest absolute Gasteiger partial charge is 0.393 e. The number of aliphatic hydroxyl groups excluding tert-OH is 1. The Morgan fingerprint density at radius 3 is 2.16 bits per heavy atom. The number of allylic oxidation sites excluding steroid dienone is 1. The molecular weight excluding hydrogens is 458 g/mol. The fraction of sp³-hybridized carbons (Fsp3) is 0.879. The van der Waals surface area contributed by atoms with Crippen LogP contribution in [-0.4, -0.2) is 28.9 Å². The summed E-state index contributed by atoms with van der Waals surface area (Å²) in [5.41, 5.74) is 2.01. The van der Waals surface area contributed by atoms with Crippen LogP contribution in [0.15, 0.2) is 11.1 Å². The van der Waals surface area contributed by atoms with Gasteiger partial charge in [0.2, 0.25) is 5.91 Å². The molecule has 37 heavy (non-hydrogen) atoms. The van der Waals surface area contributed by atoms with Gasteiger partial charge in [-0.05, 0) is 122 Å². The van der Waals surface area contributed by atoms with Crippen molar-refractivity contribution in [1.29, 1.82) is 0 Å². The number of hydrogen-bond donors (Lipinski definition) is 2. The van der Waals surface area contributed by atoms with Gasteiger partial charge in [0.25, 0.3) is 0 Å². The summed E-state index contributed by atoms with van der Waals surface area (Å²) in [6, 6.07) is 0.0723. The number of amides is 1. The highest BCUT2D eigenvalue weighted by atomic mass is 16.3. The van der Waals surface area contributed by atoms with E-state index in [1.54, 1.807) is 0 Å². The van der Waals surface area contributed by atoms with Crippen LogP contribution in [0.1, 0.15) is 120 Å². The van der Waals surface area contributed by atoms with Gasteiger partial charge in [-0.2, -0.15) is 0 Å². The summed E-state index contributed by atoms with van der Waals surface area (Å²) in [7, 11) is 0. The lowest BCUT2D eigenvalue weighted by atomic mass is 9.33. The molecule has 0 aromatic rings. The maximum absolute atomic E-state index is 13.9. The van der Waals surface area contributed by atoms with Crippen LogP contribution < -0.4 is 5.32 Å². The summed E-state index contributed by atoms with van der Waals surface area (Å²) in [5.74, 6) is 1.92. The van der Waals surface area contributed by atoms with Crippen LogP contribution in [0.5, 0.6) is 0 Å². The third kappa shape index (κ3) is 3.42. The maximum Gasteiger partial charge on any atom is 0.231 e. The van der Waals surface area contributed by atoms with E-state index in [2.05, 4.69) is 53.8 Å². The normalized spacial score (nSPS) is 46.9. The van der Waals surface area contributed by atoms with Crippen LogP contribution >= 0.6 is 0 Å². The van der Waals surface area contributed by atoms with Gasteiger partial charge in [0.1, 0.15) is 0 Å². The highest BCUT2D eigenvalue weighted by Crippen LogP contribution is 2.76. The zero-order valence-electron chi connectivity index (χ0n) is 25.1. The van der Waals surface area contributed by atoms with E-state index in [0.29, 0.717) is 24.2 Å². The summed E-state index contributed by atoms with van der Waals surface area (Å²) < 4.78 is 0. The fourth-order valence-corrected chi connectivity index (χ4v) is 11.3. The van der Waals surface area contributed by atoms with Crippen LogP contribution in [0.2, 0.25) is 0 Å². The first-order valence-corrected chi connectivity index (χ1v) is 15.3. The van der Waals surface area contributed by atoms with Gasteiger partial charge in [-0.1, -0.05) is 48.5 Å². The molecule has 0 bridgehead atoms. The molecule has 0 aromatic carbocycles. The number of carbonyl (C=O) groups excluding carboxylic acids is 2. The van der Waals surface area contributed by atoms with E-state index < -0.39 is 5.41 Å². The summed E-state index contributed by atoms with van der Waals surface area (Å²) in [4.78, 5) is 27.5. The first-order valence-electron chi connectivity index (χ1n) is 15.3. The van der Waals surface area contributed by atoms with E-state index in [9.17, 15) is 14.7 Å². The molecule has 5 aliphatic carbocycles. The highest BCUT2D eigenvalue weighted by Gasteiger charge is 2.70. The van der Waals surface area contributed by atoms with Gasteiger partial charge in [0.15, 0.2) is 5.78 Å². The Labute approximate surface area is 225 Å². The lowest BCUT2D eigenvalue weighted by Crippen LogP contribution is -2.66. The lowest BCUT2D eigenvalue weighted by molar-refractivity contribution is -0.228. The number of hydrogen-bond acceptors (Lipinski definition) is 3. The Morgan fingerprint density at radius 1 is 0.865 bits per heavy atom. The van der Waals surface area contributed by atoms with Gasteiger partial charge >= 0.3 is 0 Å². The summed E-state index contributed by atoms with van der Waals surface area (Å²) >= 11 is 0. The van der Waals surface area contributed by atoms with E-state index in [0.717, 1.165) is 37.7 Å². The van der Waals surface area contributed by atoms with E-state index in [-0.39, 0.29) is 51.4 Å². The van der Waals surface area contributed by atoms with E-state index in [1.165, 1.54) is 24.8 Å². The van der Waals surface area contributed by atoms with Crippen LogP contribution in [0, 0.1) is 50.7 Å². The molecule has 5 aliphatic rings. The third-order valence-corrected chi connectivity index (χ3v) is 13.3. The number of fused-ring (bicyclic) bond motifs is 7. The molecule has 4 saturated carbocycles. The monoisotopic (exact) mass is 511 g/mol. The summed E-state index contributed by atoms with van der Waals surface area (Å²) in [6.45, 7) is 20.6. The number of ketones is 1. The highest BCUT2D eigenvalue weighted by molar-refractivity contribution is 6.07. The van der Waals surface area contributed by atoms with Gasteiger partial charge in [-0.3, -0.25) is 9.59 Å². The second-order valence-electron chi connectivity index (χ2n) is 15.8. The molecule has 0 aliphatic heterocycles. The van der Waals surface area contributed by atoms with Gasteiger partial charge in [-0.15, -0.1) is 0 Å².